The highest BCUT2D eigenvalue weighted by Gasteiger charge is 2.51. The van der Waals surface area contributed by atoms with Crippen LogP contribution in [-0.4, -0.2) is 34.4 Å². The number of unbranched alkanes of at least 4 members (excludes halogenated alkanes) is 11. The maximum Gasteiger partial charge on any atom is 0.511 e. The Bertz CT molecular complexity index is 436. The van der Waals surface area contributed by atoms with E-state index in [2.05, 4.69) is 19.1 Å². The van der Waals surface area contributed by atoms with Gasteiger partial charge in [-0.25, -0.2) is 0 Å². The largest absolute Gasteiger partial charge is 0.511 e. The molecule has 0 rings (SSSR count). The average Bonchev–Trinajstić information content (AvgIpc) is 2.77. The van der Waals surface area contributed by atoms with Gasteiger partial charge in [0.05, 0.1) is 5.54 Å². The Labute approximate surface area is 201 Å². The minimum Gasteiger partial charge on any atom is -0.373 e. The molecule has 1 atom stereocenters. The van der Waals surface area contributed by atoms with Crippen LogP contribution in [0.25, 0.3) is 0 Å². The third-order valence-electron chi connectivity index (χ3n) is 5.95. The van der Waals surface area contributed by atoms with Gasteiger partial charge in [0.15, 0.2) is 0 Å². The van der Waals surface area contributed by atoms with E-state index in [1.165, 1.54) is 70.6 Å². The van der Waals surface area contributed by atoms with Gasteiger partial charge in [0.25, 0.3) is 0 Å². The Hall–Kier alpha value is -0.493. The van der Waals surface area contributed by atoms with Crippen molar-refractivity contribution in [2.24, 2.45) is 0 Å². The Kier molecular flexibility index (Phi) is 22.0. The molecule has 0 aromatic carbocycles. The summed E-state index contributed by atoms with van der Waals surface area (Å²) in [7, 11) is -2.95. The Balaban J connectivity index is 4.01. The highest BCUT2D eigenvalue weighted by Crippen LogP contribution is 2.32. The lowest BCUT2D eigenvalue weighted by molar-refractivity contribution is -0.120. The number of carbonyl (C=O) groups is 1. The van der Waals surface area contributed by atoms with E-state index in [1.807, 2.05) is 27.7 Å². The number of allylic oxidation sites excluding steroid dienone is 2. The summed E-state index contributed by atoms with van der Waals surface area (Å²) in [5.74, 6) is 0.257. The molecule has 0 heterocycles. The summed E-state index contributed by atoms with van der Waals surface area (Å²) in [6.45, 7) is 11.7. The van der Waals surface area contributed by atoms with Crippen LogP contribution < -0.4 is 0 Å². The molecule has 1 unspecified atom stereocenters. The predicted molar refractivity (Wildman–Crippen MR) is 139 cm³/mol. The van der Waals surface area contributed by atoms with Crippen molar-refractivity contribution in [3.8, 4) is 0 Å². The van der Waals surface area contributed by atoms with E-state index in [0.717, 1.165) is 19.3 Å². The topological polar surface area (TPSA) is 44.8 Å². The fourth-order valence-electron chi connectivity index (χ4n) is 4.25. The van der Waals surface area contributed by atoms with Crippen molar-refractivity contribution in [1.82, 2.24) is 0 Å². The number of hydrogen-bond donors (Lipinski definition) is 0. The molecule has 0 N–H and O–H groups in total. The molecule has 0 amide bonds. The standard InChI is InChI=1S/C27H54O4Si/c1-6-11-12-13-14-15-16-17-18-19-20-21-22-23-24-25-26(28)27(7-2)32(29-8-3,30-9-4)31-10-5/h17-18,27H,6-16,19-25H2,1-5H3/b18-17-. The average molecular weight is 471 g/mol. The van der Waals surface area contributed by atoms with Crippen LogP contribution in [0.1, 0.15) is 131 Å². The van der Waals surface area contributed by atoms with Gasteiger partial charge in [0, 0.05) is 26.2 Å². The summed E-state index contributed by atoms with van der Waals surface area (Å²) in [5, 5.41) is 0. The third-order valence-corrected chi connectivity index (χ3v) is 9.60. The minimum atomic E-state index is -2.95. The molecule has 0 bridgehead atoms. The van der Waals surface area contributed by atoms with Crippen LogP contribution in [0.4, 0.5) is 0 Å². The number of Topliss-reactive ketones (excluding diaryl/α,β-unsaturated/α-hetero) is 1. The molecule has 0 aromatic rings. The Morgan fingerprint density at radius 2 is 1.09 bits per heavy atom. The van der Waals surface area contributed by atoms with Crippen molar-refractivity contribution < 1.29 is 18.1 Å². The van der Waals surface area contributed by atoms with Crippen LogP contribution in [0.3, 0.4) is 0 Å². The first-order chi connectivity index (χ1) is 15.6. The van der Waals surface area contributed by atoms with Gasteiger partial charge in [-0.15, -0.1) is 0 Å². The number of carbonyl (C=O) groups excluding carboxylic acids is 1. The van der Waals surface area contributed by atoms with E-state index in [-0.39, 0.29) is 11.3 Å². The summed E-state index contributed by atoms with van der Waals surface area (Å²) in [6, 6.07) is 0. The van der Waals surface area contributed by atoms with E-state index < -0.39 is 8.80 Å². The second-order valence-corrected chi connectivity index (χ2v) is 11.4. The van der Waals surface area contributed by atoms with Crippen LogP contribution >= 0.6 is 0 Å². The van der Waals surface area contributed by atoms with Crippen LogP contribution in [0.15, 0.2) is 12.2 Å². The lowest BCUT2D eigenvalue weighted by atomic mass is 10.0. The van der Waals surface area contributed by atoms with Gasteiger partial charge >= 0.3 is 8.80 Å². The second kappa shape index (κ2) is 22.3. The fourth-order valence-corrected chi connectivity index (χ4v) is 7.35. The minimum absolute atomic E-state index is 0.237. The molecule has 0 aliphatic heterocycles. The highest BCUT2D eigenvalue weighted by molar-refractivity contribution is 6.66. The molecular weight excluding hydrogens is 416 g/mol. The second-order valence-electron chi connectivity index (χ2n) is 8.66. The van der Waals surface area contributed by atoms with Crippen molar-refractivity contribution in [2.75, 3.05) is 19.8 Å². The number of hydrogen-bond acceptors (Lipinski definition) is 4. The van der Waals surface area contributed by atoms with Gasteiger partial charge in [-0.05, 0) is 59.3 Å². The normalized spacial score (nSPS) is 13.2. The van der Waals surface area contributed by atoms with Crippen LogP contribution in [-0.2, 0) is 18.1 Å². The zero-order chi connectivity index (χ0) is 23.9. The molecule has 4 nitrogen and oxygen atoms in total. The van der Waals surface area contributed by atoms with Gasteiger partial charge < -0.3 is 13.3 Å². The molecular formula is C27H54O4Si. The van der Waals surface area contributed by atoms with E-state index in [4.69, 9.17) is 13.3 Å². The van der Waals surface area contributed by atoms with Crippen LogP contribution in [0, 0.1) is 0 Å². The molecule has 0 saturated heterocycles. The molecule has 0 fully saturated rings. The number of rotatable bonds is 24. The van der Waals surface area contributed by atoms with Crippen molar-refractivity contribution >= 4 is 14.6 Å². The maximum absolute atomic E-state index is 13.0. The summed E-state index contributed by atoms with van der Waals surface area (Å²) < 4.78 is 17.9. The molecule has 5 heteroatoms. The quantitative estimate of drug-likeness (QED) is 0.0806. The zero-order valence-corrected chi connectivity index (χ0v) is 23.1. The lowest BCUT2D eigenvalue weighted by Gasteiger charge is -2.34. The van der Waals surface area contributed by atoms with E-state index >= 15 is 0 Å². The molecule has 32 heavy (non-hydrogen) atoms. The van der Waals surface area contributed by atoms with Crippen LogP contribution in [0.2, 0.25) is 5.54 Å². The van der Waals surface area contributed by atoms with Crippen molar-refractivity contribution in [1.29, 1.82) is 0 Å². The highest BCUT2D eigenvalue weighted by atomic mass is 28.4. The zero-order valence-electron chi connectivity index (χ0n) is 22.1. The predicted octanol–water partition coefficient (Wildman–Crippen LogP) is 8.42. The first-order valence-corrected chi connectivity index (χ1v) is 15.5. The summed E-state index contributed by atoms with van der Waals surface area (Å²) in [4.78, 5) is 13.0. The Morgan fingerprint density at radius 3 is 1.53 bits per heavy atom. The van der Waals surface area contributed by atoms with Crippen molar-refractivity contribution in [2.45, 2.75) is 136 Å². The first-order valence-electron chi connectivity index (χ1n) is 13.7. The molecule has 0 spiro atoms. The van der Waals surface area contributed by atoms with Gasteiger partial charge in [0.2, 0.25) is 0 Å². The Morgan fingerprint density at radius 1 is 0.656 bits per heavy atom. The smallest absolute Gasteiger partial charge is 0.373 e. The summed E-state index contributed by atoms with van der Waals surface area (Å²) >= 11 is 0. The SMILES string of the molecule is CCCCCCCC/C=C\CCCCCCCC(=O)C(CC)[Si](OCC)(OCC)OCC. The van der Waals surface area contributed by atoms with Crippen molar-refractivity contribution in [3.05, 3.63) is 12.2 Å². The molecule has 190 valence electrons. The molecule has 0 aliphatic rings. The maximum atomic E-state index is 13.0. The van der Waals surface area contributed by atoms with Crippen molar-refractivity contribution in [3.63, 3.8) is 0 Å². The third kappa shape index (κ3) is 14.6. The summed E-state index contributed by atoms with van der Waals surface area (Å²) in [5.41, 5.74) is -0.237. The van der Waals surface area contributed by atoms with Gasteiger partial charge in [-0.2, -0.15) is 0 Å². The molecule has 0 saturated carbocycles. The fraction of sp³-hybridized carbons (Fsp3) is 0.889. The number of ketones is 1. The first kappa shape index (κ1) is 31.5. The molecule has 0 aromatic heterocycles. The van der Waals surface area contributed by atoms with E-state index in [9.17, 15) is 4.79 Å². The molecule has 0 aliphatic carbocycles. The summed E-state index contributed by atoms with van der Waals surface area (Å²) in [6.07, 6.45) is 22.5. The van der Waals surface area contributed by atoms with E-state index in [0.29, 0.717) is 26.2 Å². The van der Waals surface area contributed by atoms with Gasteiger partial charge in [-0.3, -0.25) is 4.79 Å². The molecule has 0 radical (unpaired) electrons. The lowest BCUT2D eigenvalue weighted by Crippen LogP contribution is -2.52. The van der Waals surface area contributed by atoms with Gasteiger partial charge in [0.1, 0.15) is 5.78 Å². The van der Waals surface area contributed by atoms with Gasteiger partial charge in [-0.1, -0.05) is 77.4 Å². The monoisotopic (exact) mass is 470 g/mol. The van der Waals surface area contributed by atoms with E-state index in [1.54, 1.807) is 0 Å². The van der Waals surface area contributed by atoms with Crippen LogP contribution in [0.5, 0.6) is 0 Å².